The van der Waals surface area contributed by atoms with E-state index in [0.717, 1.165) is 36.8 Å². The Kier molecular flexibility index (Phi) is 6.70. The predicted molar refractivity (Wildman–Crippen MR) is 106 cm³/mol. The zero-order valence-corrected chi connectivity index (χ0v) is 16.2. The van der Waals surface area contributed by atoms with Gasteiger partial charge < -0.3 is 10.1 Å². The Bertz CT molecular complexity index is 642. The molecule has 0 unspecified atom stereocenters. The van der Waals surface area contributed by atoms with E-state index < -0.39 is 0 Å². The number of aryl methyl sites for hydroxylation is 2. The van der Waals surface area contributed by atoms with E-state index in [1.165, 1.54) is 38.5 Å². The molecule has 0 aromatic heterocycles. The topological polar surface area (TPSA) is 50.7 Å². The van der Waals surface area contributed by atoms with Gasteiger partial charge in [-0.15, -0.1) is 0 Å². The molecule has 2 aliphatic carbocycles. The Morgan fingerprint density at radius 1 is 1.00 bits per heavy atom. The van der Waals surface area contributed by atoms with E-state index in [9.17, 15) is 4.79 Å². The molecule has 2 saturated carbocycles. The van der Waals surface area contributed by atoms with Gasteiger partial charge >= 0.3 is 5.97 Å². The smallest absolute Gasteiger partial charge is 0.346 e. The largest absolute Gasteiger partial charge is 0.389 e. The Hall–Kier alpha value is -1.84. The minimum atomic E-state index is -0.305. The third-order valence-electron chi connectivity index (χ3n) is 5.60. The summed E-state index contributed by atoms with van der Waals surface area (Å²) in [7, 11) is 0. The molecule has 2 aliphatic rings. The van der Waals surface area contributed by atoms with Crippen LogP contribution in [0.1, 0.15) is 85.7 Å². The zero-order valence-electron chi connectivity index (χ0n) is 16.2. The fourth-order valence-electron chi connectivity index (χ4n) is 4.08. The van der Waals surface area contributed by atoms with Crippen molar-refractivity contribution < 1.29 is 9.53 Å². The Labute approximate surface area is 157 Å². The van der Waals surface area contributed by atoms with Crippen LogP contribution in [0, 0.1) is 13.8 Å². The van der Waals surface area contributed by atoms with Crippen molar-refractivity contribution in [2.24, 2.45) is 4.99 Å². The fourth-order valence-corrected chi connectivity index (χ4v) is 4.08. The van der Waals surface area contributed by atoms with Gasteiger partial charge in [-0.25, -0.2) is 9.79 Å². The number of nitrogens with zero attached hydrogens (tertiary/aromatic N) is 1. The Morgan fingerprint density at radius 2 is 1.65 bits per heavy atom. The SMILES string of the molecule is Cc1ccc(C(=O)OC(=NC2CCCCC2)NC2CCCCC2)c(C)c1. The normalized spacial score (nSPS) is 20.0. The van der Waals surface area contributed by atoms with Crippen molar-refractivity contribution >= 4 is 12.0 Å². The number of nitrogens with one attached hydrogen (secondary N) is 1. The summed E-state index contributed by atoms with van der Waals surface area (Å²) in [5.74, 6) is -0.305. The van der Waals surface area contributed by atoms with E-state index in [2.05, 4.69) is 5.32 Å². The molecule has 0 bridgehead atoms. The average Bonchev–Trinajstić information content (AvgIpc) is 2.63. The highest BCUT2D eigenvalue weighted by atomic mass is 16.6. The van der Waals surface area contributed by atoms with Gasteiger partial charge in [0, 0.05) is 6.04 Å². The summed E-state index contributed by atoms with van der Waals surface area (Å²) in [6.45, 7) is 3.98. The van der Waals surface area contributed by atoms with Crippen LogP contribution in [0.2, 0.25) is 0 Å². The van der Waals surface area contributed by atoms with Crippen LogP contribution in [0.5, 0.6) is 0 Å². The van der Waals surface area contributed by atoms with Gasteiger partial charge in [-0.3, -0.25) is 0 Å². The first-order valence-corrected chi connectivity index (χ1v) is 10.3. The van der Waals surface area contributed by atoms with Crippen LogP contribution in [-0.2, 0) is 4.74 Å². The van der Waals surface area contributed by atoms with Gasteiger partial charge in [0.25, 0.3) is 6.02 Å². The third kappa shape index (κ3) is 5.33. The molecule has 0 atom stereocenters. The Balaban J connectivity index is 1.72. The lowest BCUT2D eigenvalue weighted by atomic mass is 9.95. The highest BCUT2D eigenvalue weighted by Crippen LogP contribution is 2.22. The predicted octanol–water partition coefficient (Wildman–Crippen LogP) is 5.07. The number of ether oxygens (including phenoxy) is 1. The van der Waals surface area contributed by atoms with Crippen LogP contribution in [-0.4, -0.2) is 24.1 Å². The summed E-state index contributed by atoms with van der Waals surface area (Å²) in [6.07, 6.45) is 11.9. The van der Waals surface area contributed by atoms with E-state index in [1.807, 2.05) is 32.0 Å². The molecular formula is C22H32N2O2. The third-order valence-corrected chi connectivity index (χ3v) is 5.60. The number of carbonyl (C=O) groups is 1. The van der Waals surface area contributed by atoms with Gasteiger partial charge in [0.15, 0.2) is 0 Å². The van der Waals surface area contributed by atoms with E-state index in [4.69, 9.17) is 9.73 Å². The number of benzene rings is 1. The molecule has 4 heteroatoms. The number of rotatable bonds is 3. The van der Waals surface area contributed by atoms with Crippen molar-refractivity contribution in [2.75, 3.05) is 0 Å². The lowest BCUT2D eigenvalue weighted by molar-refractivity contribution is 0.0702. The lowest BCUT2D eigenvalue weighted by Gasteiger charge is -2.25. The molecule has 1 aromatic carbocycles. The van der Waals surface area contributed by atoms with Crippen molar-refractivity contribution in [2.45, 2.75) is 90.1 Å². The molecule has 0 spiro atoms. The highest BCUT2D eigenvalue weighted by Gasteiger charge is 2.21. The van der Waals surface area contributed by atoms with Gasteiger partial charge in [-0.05, 0) is 51.2 Å². The van der Waals surface area contributed by atoms with E-state index >= 15 is 0 Å². The number of aliphatic imine (C=N–C) groups is 1. The molecule has 1 aromatic rings. The number of esters is 1. The standard InChI is InChI=1S/C22H32N2O2/c1-16-13-14-20(17(2)15-16)21(25)26-22(23-18-9-5-3-6-10-18)24-19-11-7-4-8-12-19/h13-15,18-19H,3-12H2,1-2H3,(H,23,24). The van der Waals surface area contributed by atoms with E-state index in [1.54, 1.807) is 0 Å². The van der Waals surface area contributed by atoms with Crippen LogP contribution < -0.4 is 5.32 Å². The summed E-state index contributed by atoms with van der Waals surface area (Å²) in [5.41, 5.74) is 2.72. The molecule has 0 heterocycles. The average molecular weight is 357 g/mol. The van der Waals surface area contributed by atoms with Crippen LogP contribution in [0.15, 0.2) is 23.2 Å². The second kappa shape index (κ2) is 9.20. The molecule has 0 aliphatic heterocycles. The van der Waals surface area contributed by atoms with Crippen molar-refractivity contribution in [1.82, 2.24) is 5.32 Å². The van der Waals surface area contributed by atoms with Gasteiger partial charge in [0.05, 0.1) is 11.6 Å². The zero-order chi connectivity index (χ0) is 18.4. The molecule has 4 nitrogen and oxygen atoms in total. The molecular weight excluding hydrogens is 324 g/mol. The number of amidine groups is 1. The molecule has 0 saturated heterocycles. The minimum Gasteiger partial charge on any atom is -0.389 e. The van der Waals surface area contributed by atoms with Gasteiger partial charge in [0.1, 0.15) is 0 Å². The number of carbonyl (C=O) groups excluding carboxylic acids is 1. The summed E-state index contributed by atoms with van der Waals surface area (Å²) in [6, 6.07) is 6.92. The first-order chi connectivity index (χ1) is 12.6. The van der Waals surface area contributed by atoms with Gasteiger partial charge in [-0.1, -0.05) is 56.2 Å². The second-order valence-electron chi connectivity index (χ2n) is 7.91. The Morgan fingerprint density at radius 3 is 2.31 bits per heavy atom. The van der Waals surface area contributed by atoms with E-state index in [0.29, 0.717) is 17.6 Å². The van der Waals surface area contributed by atoms with Crippen molar-refractivity contribution in [3.8, 4) is 0 Å². The van der Waals surface area contributed by atoms with Crippen molar-refractivity contribution in [3.05, 3.63) is 34.9 Å². The van der Waals surface area contributed by atoms with Gasteiger partial charge in [-0.2, -0.15) is 0 Å². The second-order valence-corrected chi connectivity index (χ2v) is 7.91. The molecule has 0 radical (unpaired) electrons. The van der Waals surface area contributed by atoms with E-state index in [-0.39, 0.29) is 12.0 Å². The lowest BCUT2D eigenvalue weighted by Crippen LogP contribution is -2.39. The summed E-state index contributed by atoms with van der Waals surface area (Å²) in [4.78, 5) is 17.5. The summed E-state index contributed by atoms with van der Waals surface area (Å²) < 4.78 is 5.76. The van der Waals surface area contributed by atoms with Crippen LogP contribution in [0.3, 0.4) is 0 Å². The first-order valence-electron chi connectivity index (χ1n) is 10.3. The monoisotopic (exact) mass is 356 g/mol. The van der Waals surface area contributed by atoms with Crippen molar-refractivity contribution in [1.29, 1.82) is 0 Å². The van der Waals surface area contributed by atoms with Crippen LogP contribution in [0.25, 0.3) is 0 Å². The molecule has 1 N–H and O–H groups in total. The fraction of sp³-hybridized carbons (Fsp3) is 0.636. The molecule has 26 heavy (non-hydrogen) atoms. The van der Waals surface area contributed by atoms with Gasteiger partial charge in [0.2, 0.25) is 0 Å². The van der Waals surface area contributed by atoms with Crippen LogP contribution in [0.4, 0.5) is 0 Å². The molecule has 3 rings (SSSR count). The minimum absolute atomic E-state index is 0.279. The number of hydrogen-bond acceptors (Lipinski definition) is 3. The van der Waals surface area contributed by atoms with Crippen molar-refractivity contribution in [3.63, 3.8) is 0 Å². The molecule has 0 amide bonds. The maximum Gasteiger partial charge on any atom is 0.346 e. The highest BCUT2D eigenvalue weighted by molar-refractivity contribution is 5.98. The number of hydrogen-bond donors (Lipinski definition) is 1. The maximum absolute atomic E-state index is 12.7. The molecule has 142 valence electrons. The maximum atomic E-state index is 12.7. The quantitative estimate of drug-likeness (QED) is 0.467. The summed E-state index contributed by atoms with van der Waals surface area (Å²) in [5, 5.41) is 3.44. The summed E-state index contributed by atoms with van der Waals surface area (Å²) >= 11 is 0. The molecule has 2 fully saturated rings. The van der Waals surface area contributed by atoms with Crippen LogP contribution >= 0.6 is 0 Å². The first kappa shape index (κ1) is 18.9.